The lowest BCUT2D eigenvalue weighted by Gasteiger charge is -2.54. The molecule has 1 amide bonds. The average molecular weight is 424 g/mol. The number of aryl methyl sites for hydroxylation is 1. The fraction of sp³-hybridized carbons (Fsp3) is 0.321. The zero-order valence-electron chi connectivity index (χ0n) is 18.7. The second-order valence-electron chi connectivity index (χ2n) is 9.26. The molecule has 3 aromatic carbocycles. The Bertz CT molecular complexity index is 1240. The molecule has 0 radical (unpaired) electrons. The third-order valence-corrected chi connectivity index (χ3v) is 6.93. The van der Waals surface area contributed by atoms with Crippen molar-refractivity contribution in [3.8, 4) is 11.8 Å². The Morgan fingerprint density at radius 1 is 1.09 bits per heavy atom. The number of carbonyl (C=O) groups is 1. The van der Waals surface area contributed by atoms with Crippen molar-refractivity contribution in [2.24, 2.45) is 5.41 Å². The summed E-state index contributed by atoms with van der Waals surface area (Å²) in [5, 5.41) is 12.4. The van der Waals surface area contributed by atoms with Crippen LogP contribution in [0.4, 0.5) is 5.69 Å². The van der Waals surface area contributed by atoms with Gasteiger partial charge in [0.25, 0.3) is 5.91 Å². The highest BCUT2D eigenvalue weighted by molar-refractivity contribution is 5.97. The van der Waals surface area contributed by atoms with E-state index in [4.69, 9.17) is 0 Å². The summed E-state index contributed by atoms with van der Waals surface area (Å²) in [5.41, 5.74) is 5.39. The van der Waals surface area contributed by atoms with Crippen molar-refractivity contribution >= 4 is 22.4 Å². The Balaban J connectivity index is 1.29. The number of carbonyl (C=O) groups excluding carboxylic acids is 1. The Kier molecular flexibility index (Phi) is 5.36. The van der Waals surface area contributed by atoms with Gasteiger partial charge in [-0.1, -0.05) is 42.3 Å². The topological polar surface area (TPSA) is 53.2 Å². The van der Waals surface area contributed by atoms with Crippen molar-refractivity contribution in [1.82, 2.24) is 10.6 Å². The molecule has 1 aliphatic heterocycles. The molecule has 1 saturated carbocycles. The van der Waals surface area contributed by atoms with Crippen LogP contribution in [0.25, 0.3) is 10.8 Å². The van der Waals surface area contributed by atoms with E-state index in [1.807, 2.05) is 44.2 Å². The van der Waals surface area contributed by atoms with E-state index in [1.54, 1.807) is 0 Å². The van der Waals surface area contributed by atoms with E-state index in [0.29, 0.717) is 18.0 Å². The van der Waals surface area contributed by atoms with Crippen LogP contribution in [0.2, 0.25) is 0 Å². The molecule has 0 atom stereocenters. The molecule has 1 aliphatic carbocycles. The van der Waals surface area contributed by atoms with Gasteiger partial charge in [-0.15, -0.1) is 5.92 Å². The number of nitrogens with one attached hydrogen (secondary N) is 3. The van der Waals surface area contributed by atoms with Gasteiger partial charge in [0.1, 0.15) is 0 Å². The van der Waals surface area contributed by atoms with Crippen LogP contribution in [0.15, 0.2) is 54.6 Å². The number of benzene rings is 3. The summed E-state index contributed by atoms with van der Waals surface area (Å²) in [6.07, 6.45) is 2.42. The molecule has 162 valence electrons. The van der Waals surface area contributed by atoms with E-state index in [1.165, 1.54) is 12.8 Å². The molecule has 2 fully saturated rings. The Labute approximate surface area is 189 Å². The van der Waals surface area contributed by atoms with Crippen molar-refractivity contribution in [3.05, 3.63) is 76.9 Å². The quantitative estimate of drug-likeness (QED) is 0.525. The number of amides is 1. The number of hydrogen-bond acceptors (Lipinski definition) is 3. The third-order valence-electron chi connectivity index (χ3n) is 6.93. The first-order valence-electron chi connectivity index (χ1n) is 11.4. The molecular weight excluding hydrogens is 394 g/mol. The van der Waals surface area contributed by atoms with E-state index >= 15 is 0 Å². The van der Waals surface area contributed by atoms with Crippen molar-refractivity contribution in [2.75, 3.05) is 18.4 Å². The molecule has 1 saturated heterocycles. The lowest BCUT2D eigenvalue weighted by atomic mass is 9.61. The summed E-state index contributed by atoms with van der Waals surface area (Å²) in [4.78, 5) is 13.1. The summed E-state index contributed by atoms with van der Waals surface area (Å²) in [7, 11) is 0. The lowest BCUT2D eigenvalue weighted by Crippen LogP contribution is -2.63. The first kappa shape index (κ1) is 20.6. The van der Waals surface area contributed by atoms with Crippen molar-refractivity contribution < 1.29 is 4.79 Å². The Morgan fingerprint density at radius 2 is 1.88 bits per heavy atom. The second-order valence-corrected chi connectivity index (χ2v) is 9.26. The zero-order valence-corrected chi connectivity index (χ0v) is 18.7. The van der Waals surface area contributed by atoms with Crippen LogP contribution < -0.4 is 16.0 Å². The summed E-state index contributed by atoms with van der Waals surface area (Å²) in [6.45, 7) is 6.61. The van der Waals surface area contributed by atoms with Gasteiger partial charge in [-0.3, -0.25) is 4.79 Å². The molecule has 0 unspecified atom stereocenters. The fourth-order valence-electron chi connectivity index (χ4n) is 5.08. The van der Waals surface area contributed by atoms with E-state index < -0.39 is 0 Å². The minimum Gasteiger partial charge on any atom is -0.382 e. The first-order valence-corrected chi connectivity index (χ1v) is 11.4. The van der Waals surface area contributed by atoms with E-state index in [2.05, 4.69) is 52.1 Å². The highest BCUT2D eigenvalue weighted by Gasteiger charge is 2.48. The van der Waals surface area contributed by atoms with Gasteiger partial charge < -0.3 is 16.0 Å². The maximum atomic E-state index is 13.1. The molecule has 0 aromatic heterocycles. The average Bonchev–Trinajstić information content (AvgIpc) is 2.75. The first-order chi connectivity index (χ1) is 15.6. The van der Waals surface area contributed by atoms with Crippen LogP contribution in [0.5, 0.6) is 0 Å². The maximum absolute atomic E-state index is 13.1. The summed E-state index contributed by atoms with van der Waals surface area (Å²) < 4.78 is 0. The monoisotopic (exact) mass is 423 g/mol. The van der Waals surface area contributed by atoms with Crippen LogP contribution in [-0.2, 0) is 6.54 Å². The van der Waals surface area contributed by atoms with Crippen LogP contribution in [-0.4, -0.2) is 25.0 Å². The molecule has 0 bridgehead atoms. The third kappa shape index (κ3) is 3.85. The van der Waals surface area contributed by atoms with E-state index in [-0.39, 0.29) is 5.91 Å². The lowest BCUT2D eigenvalue weighted by molar-refractivity contribution is 0.0470. The maximum Gasteiger partial charge on any atom is 0.251 e. The summed E-state index contributed by atoms with van der Waals surface area (Å²) in [5.74, 6) is 6.11. The minimum atomic E-state index is -0.0408. The SMILES string of the molecule is CC#Cc1ccc(CNC(=O)c2cc(NC3CC4(CNC4)C3)ccc2C)c2ccccc12. The van der Waals surface area contributed by atoms with Gasteiger partial charge in [-0.05, 0) is 72.2 Å². The molecular formula is C28H29N3O. The van der Waals surface area contributed by atoms with Gasteiger partial charge in [0.2, 0.25) is 0 Å². The van der Waals surface area contributed by atoms with E-state index in [0.717, 1.165) is 51.8 Å². The largest absolute Gasteiger partial charge is 0.382 e. The zero-order chi connectivity index (χ0) is 22.1. The van der Waals surface area contributed by atoms with Gasteiger partial charge in [-0.25, -0.2) is 0 Å². The fourth-order valence-corrected chi connectivity index (χ4v) is 5.08. The molecule has 3 N–H and O–H groups in total. The number of hydrogen-bond donors (Lipinski definition) is 3. The summed E-state index contributed by atoms with van der Waals surface area (Å²) in [6, 6.07) is 19.0. The number of fused-ring (bicyclic) bond motifs is 1. The van der Waals surface area contributed by atoms with Crippen molar-refractivity contribution in [1.29, 1.82) is 0 Å². The molecule has 1 heterocycles. The van der Waals surface area contributed by atoms with Crippen molar-refractivity contribution in [3.63, 3.8) is 0 Å². The standard InChI is InChI=1S/C28H29N3O/c1-3-6-20-10-11-21(25-8-5-4-7-24(20)25)16-30-27(32)26-13-22(12-9-19(26)2)31-23-14-28(15-23)17-29-18-28/h4-5,7-13,23,29,31H,14-18H2,1-2H3,(H,30,32). The van der Waals surface area contributed by atoms with Gasteiger partial charge >= 0.3 is 0 Å². The predicted octanol–water partition coefficient (Wildman–Crippen LogP) is 4.61. The normalized spacial score (nSPS) is 16.6. The molecule has 4 heteroatoms. The molecule has 1 spiro atoms. The molecule has 3 aromatic rings. The van der Waals surface area contributed by atoms with Crippen LogP contribution in [0.1, 0.15) is 46.8 Å². The van der Waals surface area contributed by atoms with E-state index in [9.17, 15) is 4.79 Å². The predicted molar refractivity (Wildman–Crippen MR) is 131 cm³/mol. The highest BCUT2D eigenvalue weighted by Crippen LogP contribution is 2.45. The van der Waals surface area contributed by atoms with Gasteiger partial charge in [0.05, 0.1) is 0 Å². The molecule has 2 aliphatic rings. The minimum absolute atomic E-state index is 0.0408. The molecule has 32 heavy (non-hydrogen) atoms. The van der Waals surface area contributed by atoms with Crippen LogP contribution >= 0.6 is 0 Å². The van der Waals surface area contributed by atoms with Crippen molar-refractivity contribution in [2.45, 2.75) is 39.3 Å². The number of anilines is 1. The smallest absolute Gasteiger partial charge is 0.251 e. The second kappa shape index (κ2) is 8.33. The summed E-state index contributed by atoms with van der Waals surface area (Å²) >= 11 is 0. The van der Waals surface area contributed by atoms with Crippen LogP contribution in [0.3, 0.4) is 0 Å². The molecule has 4 nitrogen and oxygen atoms in total. The van der Waals surface area contributed by atoms with Gasteiger partial charge in [0, 0.05) is 42.5 Å². The number of rotatable bonds is 5. The Hall–Kier alpha value is -3.29. The van der Waals surface area contributed by atoms with Crippen LogP contribution in [0, 0.1) is 24.2 Å². The Morgan fingerprint density at radius 3 is 2.59 bits per heavy atom. The molecule has 5 rings (SSSR count). The van der Waals surface area contributed by atoms with Gasteiger partial charge in [-0.2, -0.15) is 0 Å². The van der Waals surface area contributed by atoms with Gasteiger partial charge in [0.15, 0.2) is 0 Å². The highest BCUT2D eigenvalue weighted by atomic mass is 16.1.